The van der Waals surface area contributed by atoms with Crippen LogP contribution in [-0.4, -0.2) is 90.4 Å². The fraction of sp³-hybridized carbons (Fsp3) is 0.531. The molecule has 3 aromatic rings. The molecule has 2 aromatic carbocycles. The van der Waals surface area contributed by atoms with Crippen LogP contribution in [0.5, 0.6) is 5.75 Å². The number of piperidine rings is 1. The van der Waals surface area contributed by atoms with Crippen molar-refractivity contribution in [3.63, 3.8) is 0 Å². The highest BCUT2D eigenvalue weighted by atomic mass is 32.2. The van der Waals surface area contributed by atoms with E-state index in [0.717, 1.165) is 73.2 Å². The van der Waals surface area contributed by atoms with Crippen molar-refractivity contribution < 1.29 is 32.9 Å². The Morgan fingerprint density at radius 2 is 1.77 bits per heavy atom. The van der Waals surface area contributed by atoms with Crippen LogP contribution in [0.2, 0.25) is 0 Å². The van der Waals surface area contributed by atoms with Gasteiger partial charge in [0.2, 0.25) is 0 Å². The van der Waals surface area contributed by atoms with E-state index in [4.69, 9.17) is 9.47 Å². The van der Waals surface area contributed by atoms with Gasteiger partial charge < -0.3 is 24.6 Å². The smallest absolute Gasteiger partial charge is 0.194 e. The zero-order valence-corrected chi connectivity index (χ0v) is 25.4. The fourth-order valence-electron chi connectivity index (χ4n) is 6.11. The van der Waals surface area contributed by atoms with Crippen molar-refractivity contribution in [2.45, 2.75) is 43.2 Å². The first-order valence-electron chi connectivity index (χ1n) is 14.8. The number of ether oxygens (including phenoxy) is 2. The van der Waals surface area contributed by atoms with E-state index in [2.05, 4.69) is 14.8 Å². The standard InChI is InChI=1S/C32H40F3N3O4S/c1-41-23-2-3-28-25(16-23)30(22(19-36-28)20-38-10-13-42-14-11-38)29(40)4-5-32(21-39)6-8-37(9-7-32)12-15-43-24-17-26(33)31(35)27(34)18-24/h2-3,16-19,29,39-40H,4-15,20-21H2,1H3/t29-/m1/s1. The van der Waals surface area contributed by atoms with E-state index in [-0.39, 0.29) is 12.0 Å². The lowest BCUT2D eigenvalue weighted by molar-refractivity contribution is 0.0245. The van der Waals surface area contributed by atoms with Gasteiger partial charge in [-0.15, -0.1) is 11.8 Å². The molecule has 0 radical (unpaired) electrons. The Balaban J connectivity index is 1.22. The van der Waals surface area contributed by atoms with Crippen molar-refractivity contribution in [3.05, 3.63) is 65.1 Å². The number of hydrogen-bond acceptors (Lipinski definition) is 8. The normalized spacial score (nSPS) is 18.7. The third-order valence-electron chi connectivity index (χ3n) is 8.86. The zero-order valence-electron chi connectivity index (χ0n) is 24.5. The van der Waals surface area contributed by atoms with Gasteiger partial charge in [-0.3, -0.25) is 9.88 Å². The maximum absolute atomic E-state index is 13.5. The number of thioether (sulfide) groups is 1. The molecule has 3 heterocycles. The zero-order chi connectivity index (χ0) is 30.4. The number of aromatic nitrogens is 1. The summed E-state index contributed by atoms with van der Waals surface area (Å²) in [7, 11) is 1.63. The Hall–Kier alpha value is -2.41. The van der Waals surface area contributed by atoms with Crippen molar-refractivity contribution in [1.82, 2.24) is 14.8 Å². The molecule has 2 aliphatic heterocycles. The first kappa shape index (κ1) is 32.0. The number of hydrogen-bond donors (Lipinski definition) is 2. The van der Waals surface area contributed by atoms with Crippen LogP contribution in [0, 0.1) is 22.9 Å². The molecule has 43 heavy (non-hydrogen) atoms. The van der Waals surface area contributed by atoms with Gasteiger partial charge in [-0.25, -0.2) is 13.2 Å². The molecular formula is C32H40F3N3O4S. The molecule has 7 nitrogen and oxygen atoms in total. The summed E-state index contributed by atoms with van der Waals surface area (Å²) in [5, 5.41) is 23.0. The van der Waals surface area contributed by atoms with E-state index in [0.29, 0.717) is 55.5 Å². The quantitative estimate of drug-likeness (QED) is 0.212. The highest BCUT2D eigenvalue weighted by molar-refractivity contribution is 7.99. The van der Waals surface area contributed by atoms with E-state index in [9.17, 15) is 23.4 Å². The summed E-state index contributed by atoms with van der Waals surface area (Å²) in [5.74, 6) is -2.49. The maximum atomic E-state index is 13.5. The number of methoxy groups -OCH3 is 1. The molecule has 0 saturated carbocycles. The summed E-state index contributed by atoms with van der Waals surface area (Å²) in [6, 6.07) is 7.77. The molecule has 1 atom stereocenters. The van der Waals surface area contributed by atoms with E-state index in [1.807, 2.05) is 24.4 Å². The van der Waals surface area contributed by atoms with Gasteiger partial charge in [0.15, 0.2) is 17.5 Å². The molecule has 2 saturated heterocycles. The second-order valence-electron chi connectivity index (χ2n) is 11.6. The minimum Gasteiger partial charge on any atom is -0.497 e. The molecule has 2 fully saturated rings. The molecule has 0 bridgehead atoms. The van der Waals surface area contributed by atoms with Gasteiger partial charge >= 0.3 is 0 Å². The molecule has 2 N–H and O–H groups in total. The SMILES string of the molecule is COc1ccc2ncc(CN3CCOCC3)c([C@H](O)CCC3(CO)CCN(CCSc4cc(F)c(F)c(F)c4)CC3)c2c1. The third-order valence-corrected chi connectivity index (χ3v) is 9.82. The van der Waals surface area contributed by atoms with Crippen molar-refractivity contribution in [3.8, 4) is 5.75 Å². The van der Waals surface area contributed by atoms with E-state index in [1.54, 1.807) is 7.11 Å². The highest BCUT2D eigenvalue weighted by Crippen LogP contribution is 2.40. The predicted octanol–water partition coefficient (Wildman–Crippen LogP) is 5.17. The predicted molar refractivity (Wildman–Crippen MR) is 161 cm³/mol. The lowest BCUT2D eigenvalue weighted by Crippen LogP contribution is -2.43. The fourth-order valence-corrected chi connectivity index (χ4v) is 7.07. The van der Waals surface area contributed by atoms with Crippen LogP contribution in [0.1, 0.15) is 42.9 Å². The van der Waals surface area contributed by atoms with Crippen molar-refractivity contribution in [2.24, 2.45) is 5.41 Å². The van der Waals surface area contributed by atoms with Crippen LogP contribution < -0.4 is 4.74 Å². The van der Waals surface area contributed by atoms with Gasteiger partial charge in [-0.2, -0.15) is 0 Å². The number of aliphatic hydroxyl groups is 2. The Bertz CT molecular complexity index is 1360. The van der Waals surface area contributed by atoms with Crippen LogP contribution in [0.3, 0.4) is 0 Å². The molecule has 5 rings (SSSR count). The second kappa shape index (κ2) is 14.6. The average molecular weight is 620 g/mol. The van der Waals surface area contributed by atoms with Gasteiger partial charge in [0, 0.05) is 55.0 Å². The number of morpholine rings is 1. The number of nitrogens with zero attached hydrogens (tertiary/aromatic N) is 3. The molecular weight excluding hydrogens is 579 g/mol. The van der Waals surface area contributed by atoms with E-state index >= 15 is 0 Å². The monoisotopic (exact) mass is 619 g/mol. The first-order valence-corrected chi connectivity index (χ1v) is 15.8. The largest absolute Gasteiger partial charge is 0.497 e. The average Bonchev–Trinajstić information content (AvgIpc) is 3.03. The lowest BCUT2D eigenvalue weighted by atomic mass is 9.74. The highest BCUT2D eigenvalue weighted by Gasteiger charge is 2.35. The molecule has 2 aliphatic rings. The van der Waals surface area contributed by atoms with Crippen molar-refractivity contribution >= 4 is 22.7 Å². The van der Waals surface area contributed by atoms with E-state index < -0.39 is 23.6 Å². The number of likely N-dealkylation sites (tertiary alicyclic amines) is 1. The molecule has 0 aliphatic carbocycles. The summed E-state index contributed by atoms with van der Waals surface area (Å²) in [4.78, 5) is 9.64. The number of halogens is 3. The summed E-state index contributed by atoms with van der Waals surface area (Å²) in [6.45, 7) is 6.01. The maximum Gasteiger partial charge on any atom is 0.194 e. The summed E-state index contributed by atoms with van der Waals surface area (Å²) >= 11 is 1.29. The Labute approximate surface area is 255 Å². The number of rotatable bonds is 12. The first-order chi connectivity index (χ1) is 20.8. The Kier molecular flexibility index (Phi) is 10.8. The summed E-state index contributed by atoms with van der Waals surface area (Å²) < 4.78 is 51.3. The van der Waals surface area contributed by atoms with Crippen LogP contribution >= 0.6 is 11.8 Å². The minimum atomic E-state index is -1.45. The second-order valence-corrected chi connectivity index (χ2v) is 12.7. The number of benzene rings is 2. The Morgan fingerprint density at radius 1 is 1.05 bits per heavy atom. The van der Waals surface area contributed by atoms with E-state index in [1.165, 1.54) is 11.8 Å². The van der Waals surface area contributed by atoms with Gasteiger partial charge in [-0.1, -0.05) is 0 Å². The van der Waals surface area contributed by atoms with Crippen molar-refractivity contribution in [2.75, 3.05) is 65.4 Å². The molecule has 0 spiro atoms. The molecule has 234 valence electrons. The number of fused-ring (bicyclic) bond motifs is 1. The van der Waals surface area contributed by atoms with Crippen LogP contribution in [0.25, 0.3) is 10.9 Å². The van der Waals surface area contributed by atoms with Gasteiger partial charge in [0.1, 0.15) is 5.75 Å². The third kappa shape index (κ3) is 7.82. The number of aliphatic hydroxyl groups excluding tert-OH is 2. The van der Waals surface area contributed by atoms with Crippen LogP contribution in [0.15, 0.2) is 41.4 Å². The molecule has 0 amide bonds. The van der Waals surface area contributed by atoms with Crippen molar-refractivity contribution in [1.29, 1.82) is 0 Å². The molecule has 0 unspecified atom stereocenters. The van der Waals surface area contributed by atoms with Gasteiger partial charge in [0.25, 0.3) is 0 Å². The summed E-state index contributed by atoms with van der Waals surface area (Å²) in [5.41, 5.74) is 2.36. The molecule has 11 heteroatoms. The van der Waals surface area contributed by atoms with Gasteiger partial charge in [0.05, 0.1) is 31.9 Å². The minimum absolute atomic E-state index is 0.0436. The van der Waals surface area contributed by atoms with Crippen LogP contribution in [-0.2, 0) is 11.3 Å². The topological polar surface area (TPSA) is 78.3 Å². The number of pyridine rings is 1. The molecule has 1 aromatic heterocycles. The summed E-state index contributed by atoms with van der Waals surface area (Å²) in [6.07, 6.45) is 3.88. The Morgan fingerprint density at radius 3 is 2.44 bits per heavy atom. The van der Waals surface area contributed by atoms with Crippen LogP contribution in [0.4, 0.5) is 13.2 Å². The lowest BCUT2D eigenvalue weighted by Gasteiger charge is -2.41. The van der Waals surface area contributed by atoms with Gasteiger partial charge in [-0.05, 0) is 85.6 Å².